The van der Waals surface area contributed by atoms with Crippen molar-refractivity contribution in [3.63, 3.8) is 0 Å². The van der Waals surface area contributed by atoms with E-state index in [0.29, 0.717) is 18.4 Å². The summed E-state index contributed by atoms with van der Waals surface area (Å²) in [5.74, 6) is -0.283. The number of aliphatic hydroxyl groups is 1. The fourth-order valence-electron chi connectivity index (χ4n) is 3.22. The van der Waals surface area contributed by atoms with Gasteiger partial charge in [0.2, 0.25) is 0 Å². The fraction of sp³-hybridized carbons (Fsp3) is 0.571. The Morgan fingerprint density at radius 3 is 3.05 bits per heavy atom. The maximum absolute atomic E-state index is 12.3. The minimum absolute atomic E-state index is 0.0438. The molecule has 7 heteroatoms. The van der Waals surface area contributed by atoms with Crippen LogP contribution in [0.2, 0.25) is 0 Å². The average molecular weight is 292 g/mol. The summed E-state index contributed by atoms with van der Waals surface area (Å²) in [7, 11) is 0. The molecular weight excluding hydrogens is 276 g/mol. The van der Waals surface area contributed by atoms with Gasteiger partial charge < -0.3 is 9.84 Å². The van der Waals surface area contributed by atoms with Gasteiger partial charge in [0.25, 0.3) is 5.69 Å². The highest BCUT2D eigenvalue weighted by Crippen LogP contribution is 2.43. The van der Waals surface area contributed by atoms with Gasteiger partial charge in [0.1, 0.15) is 11.8 Å². The molecule has 0 spiro atoms. The first-order valence-corrected chi connectivity index (χ1v) is 7.02. The van der Waals surface area contributed by atoms with Gasteiger partial charge in [0.15, 0.2) is 5.78 Å². The van der Waals surface area contributed by atoms with Crippen LogP contribution in [-0.4, -0.2) is 32.5 Å². The first-order chi connectivity index (χ1) is 10.0. The Morgan fingerprint density at radius 1 is 1.48 bits per heavy atom. The van der Waals surface area contributed by atoms with Gasteiger partial charge in [-0.15, -0.1) is 0 Å². The Balaban J connectivity index is 1.92. The molecule has 1 aliphatic heterocycles. The van der Waals surface area contributed by atoms with Crippen molar-refractivity contribution in [2.45, 2.75) is 49.9 Å². The lowest BCUT2D eigenvalue weighted by Crippen LogP contribution is -2.56. The summed E-state index contributed by atoms with van der Waals surface area (Å²) in [6, 6.07) is 1.50. The van der Waals surface area contributed by atoms with Gasteiger partial charge in [0.05, 0.1) is 22.7 Å². The average Bonchev–Trinajstić information content (AvgIpc) is 2.48. The van der Waals surface area contributed by atoms with Crippen LogP contribution in [-0.2, 0) is 9.53 Å². The molecule has 0 unspecified atom stereocenters. The molecule has 2 heterocycles. The monoisotopic (exact) mass is 292 g/mol. The molecule has 0 aromatic carbocycles. The van der Waals surface area contributed by atoms with Gasteiger partial charge in [-0.3, -0.25) is 19.9 Å². The van der Waals surface area contributed by atoms with E-state index < -0.39 is 22.7 Å². The van der Waals surface area contributed by atoms with Crippen molar-refractivity contribution >= 4 is 11.5 Å². The van der Waals surface area contributed by atoms with E-state index in [1.54, 1.807) is 0 Å². The first kappa shape index (κ1) is 14.1. The molecule has 2 aliphatic rings. The van der Waals surface area contributed by atoms with Crippen LogP contribution in [0.5, 0.6) is 0 Å². The maximum Gasteiger partial charge on any atom is 0.293 e. The van der Waals surface area contributed by atoms with E-state index in [4.69, 9.17) is 4.74 Å². The summed E-state index contributed by atoms with van der Waals surface area (Å²) in [4.78, 5) is 26.6. The number of carbonyl (C=O) groups excluding carboxylic acids is 1. The zero-order valence-electron chi connectivity index (χ0n) is 11.4. The number of pyridine rings is 1. The number of nitrogens with zero attached hydrogens (tertiary/aromatic N) is 2. The summed E-state index contributed by atoms with van der Waals surface area (Å²) in [6.45, 7) is 0. The van der Waals surface area contributed by atoms with Crippen LogP contribution in [0.3, 0.4) is 0 Å². The molecule has 1 saturated heterocycles. The summed E-state index contributed by atoms with van der Waals surface area (Å²) in [6.07, 6.45) is 3.96. The second kappa shape index (κ2) is 5.16. The molecule has 0 amide bonds. The molecule has 1 aromatic rings. The molecule has 1 aliphatic carbocycles. The van der Waals surface area contributed by atoms with E-state index in [1.165, 1.54) is 12.3 Å². The normalized spacial score (nSPS) is 32.5. The number of hydrogen-bond donors (Lipinski definition) is 1. The number of nitro groups is 1. The Bertz CT molecular complexity index is 590. The van der Waals surface area contributed by atoms with Crippen molar-refractivity contribution in [2.75, 3.05) is 0 Å². The van der Waals surface area contributed by atoms with E-state index in [-0.39, 0.29) is 17.9 Å². The van der Waals surface area contributed by atoms with Gasteiger partial charge in [-0.25, -0.2) is 0 Å². The first-order valence-electron chi connectivity index (χ1n) is 7.02. The molecule has 3 atom stereocenters. The number of fused-ring (bicyclic) bond motifs is 1. The van der Waals surface area contributed by atoms with Crippen LogP contribution < -0.4 is 0 Å². The summed E-state index contributed by atoms with van der Waals surface area (Å²) >= 11 is 0. The molecule has 0 bridgehead atoms. The number of Topliss-reactive ketones (excluding diaryl/α,β-unsaturated/α-hetero) is 1. The Kier molecular flexibility index (Phi) is 3.46. The van der Waals surface area contributed by atoms with Crippen molar-refractivity contribution < 1.29 is 19.6 Å². The van der Waals surface area contributed by atoms with E-state index in [0.717, 1.165) is 19.0 Å². The molecule has 112 valence electrons. The number of ether oxygens (including phenoxy) is 1. The van der Waals surface area contributed by atoms with Crippen molar-refractivity contribution in [1.82, 2.24) is 4.98 Å². The second-order valence-corrected chi connectivity index (χ2v) is 5.60. The molecule has 7 nitrogen and oxygen atoms in total. The van der Waals surface area contributed by atoms with E-state index in [2.05, 4.69) is 4.98 Å². The third-order valence-electron chi connectivity index (χ3n) is 4.37. The molecular formula is C14H16N2O5. The standard InChI is InChI=1S/C14H16N2O5/c17-12-7-11(9-4-6-15-8-10(9)16(19)20)21-13-3-1-2-5-14(12,13)18/h4,6,8,11,13,18H,1-3,5,7H2/t11-,13-,14+/m1/s1. The predicted molar refractivity (Wildman–Crippen MR) is 71.5 cm³/mol. The van der Waals surface area contributed by atoms with Crippen molar-refractivity contribution in [3.8, 4) is 0 Å². The summed E-state index contributed by atoms with van der Waals surface area (Å²) in [5, 5.41) is 21.5. The van der Waals surface area contributed by atoms with Crippen molar-refractivity contribution in [2.24, 2.45) is 0 Å². The van der Waals surface area contributed by atoms with Gasteiger partial charge in [-0.1, -0.05) is 6.42 Å². The van der Waals surface area contributed by atoms with Crippen LogP contribution in [0, 0.1) is 10.1 Å². The van der Waals surface area contributed by atoms with E-state index >= 15 is 0 Å². The lowest BCUT2D eigenvalue weighted by Gasteiger charge is -2.44. The third-order valence-corrected chi connectivity index (χ3v) is 4.37. The predicted octanol–water partition coefficient (Wildman–Crippen LogP) is 1.69. The minimum atomic E-state index is -1.42. The molecule has 3 rings (SSSR count). The summed E-state index contributed by atoms with van der Waals surface area (Å²) < 4.78 is 5.84. The zero-order valence-corrected chi connectivity index (χ0v) is 11.4. The van der Waals surface area contributed by atoms with Gasteiger partial charge in [0, 0.05) is 12.6 Å². The fourth-order valence-corrected chi connectivity index (χ4v) is 3.22. The molecule has 1 saturated carbocycles. The van der Waals surface area contributed by atoms with Crippen molar-refractivity contribution in [3.05, 3.63) is 34.1 Å². The van der Waals surface area contributed by atoms with Crippen LogP contribution in [0.15, 0.2) is 18.5 Å². The smallest absolute Gasteiger partial charge is 0.293 e. The molecule has 0 radical (unpaired) electrons. The van der Waals surface area contributed by atoms with E-state index in [1.807, 2.05) is 0 Å². The Hall–Kier alpha value is -1.86. The molecule has 1 N–H and O–H groups in total. The molecule has 21 heavy (non-hydrogen) atoms. The number of hydrogen-bond acceptors (Lipinski definition) is 6. The second-order valence-electron chi connectivity index (χ2n) is 5.60. The number of ketones is 1. The topological polar surface area (TPSA) is 103 Å². The Labute approximate surface area is 121 Å². The number of rotatable bonds is 2. The zero-order chi connectivity index (χ0) is 15.0. The highest BCUT2D eigenvalue weighted by Gasteiger charge is 2.51. The third kappa shape index (κ3) is 2.32. The summed E-state index contributed by atoms with van der Waals surface area (Å²) in [5.41, 5.74) is -1.23. The minimum Gasteiger partial charge on any atom is -0.379 e. The molecule has 2 fully saturated rings. The molecule has 1 aromatic heterocycles. The number of aromatic nitrogens is 1. The van der Waals surface area contributed by atoms with Gasteiger partial charge in [-0.2, -0.15) is 0 Å². The highest BCUT2D eigenvalue weighted by molar-refractivity contribution is 5.89. The highest BCUT2D eigenvalue weighted by atomic mass is 16.6. The SMILES string of the molecule is O=C1C[C@H](c2ccncc2[N+](=O)[O-])O[C@@H]2CCCC[C@]12O. The largest absolute Gasteiger partial charge is 0.379 e. The number of carbonyl (C=O) groups is 1. The lowest BCUT2D eigenvalue weighted by atomic mass is 9.75. The van der Waals surface area contributed by atoms with Gasteiger partial charge >= 0.3 is 0 Å². The van der Waals surface area contributed by atoms with Crippen molar-refractivity contribution in [1.29, 1.82) is 0 Å². The maximum atomic E-state index is 12.3. The van der Waals surface area contributed by atoms with Crippen LogP contribution in [0.4, 0.5) is 5.69 Å². The van der Waals surface area contributed by atoms with Gasteiger partial charge in [-0.05, 0) is 25.3 Å². The van der Waals surface area contributed by atoms with E-state index in [9.17, 15) is 20.0 Å². The van der Waals surface area contributed by atoms with Crippen LogP contribution in [0.1, 0.15) is 43.8 Å². The van der Waals surface area contributed by atoms with Crippen LogP contribution in [0.25, 0.3) is 0 Å². The lowest BCUT2D eigenvalue weighted by molar-refractivity contribution is -0.386. The Morgan fingerprint density at radius 2 is 2.29 bits per heavy atom. The quantitative estimate of drug-likeness (QED) is 0.657. The van der Waals surface area contributed by atoms with Crippen LogP contribution >= 0.6 is 0 Å².